The van der Waals surface area contributed by atoms with E-state index in [-0.39, 0.29) is 6.61 Å². The van der Waals surface area contributed by atoms with Crippen LogP contribution < -0.4 is 0 Å². The Morgan fingerprint density at radius 3 is 2.44 bits per heavy atom. The molecule has 0 radical (unpaired) electrons. The van der Waals surface area contributed by atoms with E-state index in [1.807, 2.05) is 6.08 Å². The normalized spacial score (nSPS) is 15.2. The lowest BCUT2D eigenvalue weighted by Gasteiger charge is -2.16. The van der Waals surface area contributed by atoms with Gasteiger partial charge in [-0.1, -0.05) is 56.3 Å². The average Bonchev–Trinajstić information content (AvgIpc) is 2.30. The van der Waals surface area contributed by atoms with E-state index in [0.717, 1.165) is 6.42 Å². The average molecular weight is 218 g/mol. The van der Waals surface area contributed by atoms with Gasteiger partial charge in [0.05, 0.1) is 6.61 Å². The monoisotopic (exact) mass is 218 g/mol. The van der Waals surface area contributed by atoms with Gasteiger partial charge in [-0.15, -0.1) is 0 Å². The van der Waals surface area contributed by atoms with Crippen molar-refractivity contribution in [1.29, 1.82) is 0 Å². The third-order valence-electron chi connectivity index (χ3n) is 2.94. The molecule has 2 atom stereocenters. The Bertz CT molecular complexity index is 302. The summed E-state index contributed by atoms with van der Waals surface area (Å²) in [7, 11) is 0. The summed E-state index contributed by atoms with van der Waals surface area (Å²) in [5.41, 5.74) is 1.42. The number of allylic oxidation sites excluding steroid dienone is 1. The van der Waals surface area contributed by atoms with Gasteiger partial charge in [-0.2, -0.15) is 0 Å². The van der Waals surface area contributed by atoms with Crippen molar-refractivity contribution in [2.45, 2.75) is 32.6 Å². The molecule has 0 unspecified atom stereocenters. The second-order valence-electron chi connectivity index (χ2n) is 4.54. The summed E-state index contributed by atoms with van der Waals surface area (Å²) in [5, 5.41) is 8.65. The number of hydrogen-bond acceptors (Lipinski definition) is 1. The van der Waals surface area contributed by atoms with Crippen LogP contribution in [-0.2, 0) is 0 Å². The molecule has 16 heavy (non-hydrogen) atoms. The molecule has 0 amide bonds. The second kappa shape index (κ2) is 7.24. The van der Waals surface area contributed by atoms with Gasteiger partial charge in [-0.3, -0.25) is 0 Å². The van der Waals surface area contributed by atoms with Crippen LogP contribution in [0.1, 0.15) is 38.2 Å². The highest BCUT2D eigenvalue weighted by Crippen LogP contribution is 2.24. The fourth-order valence-electron chi connectivity index (χ4n) is 2.02. The van der Waals surface area contributed by atoms with Crippen molar-refractivity contribution in [3.05, 3.63) is 48.0 Å². The van der Waals surface area contributed by atoms with E-state index in [1.54, 1.807) is 0 Å². The number of aliphatic hydroxyl groups excluding tert-OH is 1. The fourth-order valence-corrected chi connectivity index (χ4v) is 2.02. The zero-order chi connectivity index (χ0) is 11.8. The highest BCUT2D eigenvalue weighted by molar-refractivity contribution is 5.18. The Hall–Kier alpha value is -1.08. The molecular weight excluding hydrogens is 196 g/mol. The van der Waals surface area contributed by atoms with Crippen LogP contribution in [0.3, 0.4) is 0 Å². The van der Waals surface area contributed by atoms with E-state index < -0.39 is 0 Å². The fraction of sp³-hybridized carbons (Fsp3) is 0.467. The second-order valence-corrected chi connectivity index (χ2v) is 4.54. The quantitative estimate of drug-likeness (QED) is 0.721. The lowest BCUT2D eigenvalue weighted by Crippen LogP contribution is -2.01. The Kier molecular flexibility index (Phi) is 5.87. The number of hydrogen-bond donors (Lipinski definition) is 1. The van der Waals surface area contributed by atoms with E-state index in [0.29, 0.717) is 11.8 Å². The molecule has 0 spiro atoms. The molecule has 1 N–H and O–H groups in total. The van der Waals surface area contributed by atoms with Gasteiger partial charge >= 0.3 is 0 Å². The predicted octanol–water partition coefficient (Wildman–Crippen LogP) is 3.75. The molecule has 1 rings (SSSR count). The van der Waals surface area contributed by atoms with Crippen molar-refractivity contribution in [2.75, 3.05) is 6.61 Å². The standard InChI is InChI=1S/C15H22O/c1-13(8-6-7-11-16)12-14(2)15-9-4-3-5-10-15/h3-7,9-10,13-14,16H,8,11-12H2,1-2H3/b7-6+/t13-,14-/m0/s1. The number of rotatable bonds is 6. The molecule has 0 aliphatic carbocycles. The lowest BCUT2D eigenvalue weighted by atomic mass is 9.89. The van der Waals surface area contributed by atoms with Gasteiger partial charge in [0, 0.05) is 0 Å². The van der Waals surface area contributed by atoms with Crippen LogP contribution >= 0.6 is 0 Å². The van der Waals surface area contributed by atoms with Crippen molar-refractivity contribution < 1.29 is 5.11 Å². The van der Waals surface area contributed by atoms with Crippen LogP contribution in [0.5, 0.6) is 0 Å². The Morgan fingerprint density at radius 2 is 1.81 bits per heavy atom. The zero-order valence-electron chi connectivity index (χ0n) is 10.3. The molecule has 1 nitrogen and oxygen atoms in total. The van der Waals surface area contributed by atoms with Crippen molar-refractivity contribution in [3.8, 4) is 0 Å². The molecule has 0 bridgehead atoms. The van der Waals surface area contributed by atoms with Crippen LogP contribution in [0.25, 0.3) is 0 Å². The summed E-state index contributed by atoms with van der Waals surface area (Å²) in [6.45, 7) is 4.70. The highest BCUT2D eigenvalue weighted by atomic mass is 16.2. The molecule has 0 aliphatic heterocycles. The molecule has 0 saturated carbocycles. The first-order valence-corrected chi connectivity index (χ1v) is 6.04. The lowest BCUT2D eigenvalue weighted by molar-refractivity contribution is 0.342. The zero-order valence-corrected chi connectivity index (χ0v) is 10.3. The molecule has 88 valence electrons. The molecular formula is C15H22O. The van der Waals surface area contributed by atoms with Crippen LogP contribution in [0.15, 0.2) is 42.5 Å². The maximum Gasteiger partial charge on any atom is 0.0612 e. The van der Waals surface area contributed by atoms with Crippen LogP contribution in [0.2, 0.25) is 0 Å². The van der Waals surface area contributed by atoms with Crippen LogP contribution in [0, 0.1) is 5.92 Å². The minimum Gasteiger partial charge on any atom is -0.392 e. The molecule has 1 heteroatoms. The van der Waals surface area contributed by atoms with Crippen molar-refractivity contribution in [1.82, 2.24) is 0 Å². The number of aliphatic hydroxyl groups is 1. The van der Waals surface area contributed by atoms with Gasteiger partial charge in [-0.05, 0) is 30.2 Å². The van der Waals surface area contributed by atoms with Crippen molar-refractivity contribution in [3.63, 3.8) is 0 Å². The Balaban J connectivity index is 2.39. The van der Waals surface area contributed by atoms with E-state index in [4.69, 9.17) is 5.11 Å². The summed E-state index contributed by atoms with van der Waals surface area (Å²) in [4.78, 5) is 0. The third-order valence-corrected chi connectivity index (χ3v) is 2.94. The minimum absolute atomic E-state index is 0.154. The van der Waals surface area contributed by atoms with Crippen molar-refractivity contribution >= 4 is 0 Å². The highest BCUT2D eigenvalue weighted by Gasteiger charge is 2.09. The smallest absolute Gasteiger partial charge is 0.0612 e. The van der Waals surface area contributed by atoms with Gasteiger partial charge in [0.15, 0.2) is 0 Å². The largest absolute Gasteiger partial charge is 0.392 e. The topological polar surface area (TPSA) is 20.2 Å². The summed E-state index contributed by atoms with van der Waals surface area (Å²) < 4.78 is 0. The Labute approximate surface area is 98.8 Å². The summed E-state index contributed by atoms with van der Waals surface area (Å²) in [6, 6.07) is 10.6. The van der Waals surface area contributed by atoms with Gasteiger partial charge in [0.1, 0.15) is 0 Å². The minimum atomic E-state index is 0.154. The van der Waals surface area contributed by atoms with E-state index >= 15 is 0 Å². The molecule has 0 aromatic heterocycles. The molecule has 0 fully saturated rings. The first-order chi connectivity index (χ1) is 7.74. The molecule has 1 aromatic rings. The maximum atomic E-state index is 8.65. The van der Waals surface area contributed by atoms with Crippen LogP contribution in [-0.4, -0.2) is 11.7 Å². The van der Waals surface area contributed by atoms with E-state index in [9.17, 15) is 0 Å². The maximum absolute atomic E-state index is 8.65. The molecule has 0 aliphatic rings. The SMILES string of the molecule is C[C@@H](C/C=C/CO)C[C@H](C)c1ccccc1. The summed E-state index contributed by atoms with van der Waals surface area (Å²) in [6.07, 6.45) is 6.14. The van der Waals surface area contributed by atoms with Crippen molar-refractivity contribution in [2.24, 2.45) is 5.92 Å². The van der Waals surface area contributed by atoms with Gasteiger partial charge in [0.2, 0.25) is 0 Å². The predicted molar refractivity (Wildman–Crippen MR) is 69.5 cm³/mol. The summed E-state index contributed by atoms with van der Waals surface area (Å²) in [5.74, 6) is 1.27. The summed E-state index contributed by atoms with van der Waals surface area (Å²) >= 11 is 0. The molecule has 1 aromatic carbocycles. The molecule has 0 heterocycles. The third kappa shape index (κ3) is 4.63. The van der Waals surface area contributed by atoms with Gasteiger partial charge < -0.3 is 5.11 Å². The first-order valence-electron chi connectivity index (χ1n) is 6.04. The van der Waals surface area contributed by atoms with Crippen LogP contribution in [0.4, 0.5) is 0 Å². The first kappa shape index (κ1) is 13.0. The van der Waals surface area contributed by atoms with Gasteiger partial charge in [-0.25, -0.2) is 0 Å². The Morgan fingerprint density at radius 1 is 1.12 bits per heavy atom. The van der Waals surface area contributed by atoms with Gasteiger partial charge in [0.25, 0.3) is 0 Å². The number of benzene rings is 1. The van der Waals surface area contributed by atoms with E-state index in [1.165, 1.54) is 12.0 Å². The van der Waals surface area contributed by atoms with E-state index in [2.05, 4.69) is 50.3 Å². The molecule has 0 saturated heterocycles.